The summed E-state index contributed by atoms with van der Waals surface area (Å²) in [6, 6.07) is 52.6. The Balaban J connectivity index is 0.00000166. The second kappa shape index (κ2) is 13.4. The lowest BCUT2D eigenvalue weighted by molar-refractivity contribution is 1.06. The first-order valence-corrected chi connectivity index (χ1v) is 17.1. The van der Waals surface area contributed by atoms with Gasteiger partial charge in [0.05, 0.1) is 0 Å². The zero-order valence-corrected chi connectivity index (χ0v) is 27.2. The number of allylic oxidation sites excluding steroid dienone is 4. The van der Waals surface area contributed by atoms with Crippen molar-refractivity contribution in [1.29, 1.82) is 0 Å². The fourth-order valence-corrected chi connectivity index (χ4v) is 7.69. The number of thiophene rings is 1. The third-order valence-electron chi connectivity index (χ3n) is 8.57. The fourth-order valence-electron chi connectivity index (χ4n) is 6.41. The number of hydrogen-bond acceptors (Lipinski definition) is 2. The molecule has 1 aliphatic rings. The average Bonchev–Trinajstić information content (AvgIpc) is 3.53. The van der Waals surface area contributed by atoms with E-state index in [9.17, 15) is 0 Å². The Morgan fingerprint density at radius 1 is 0.522 bits per heavy atom. The monoisotopic (exact) mass is 611 g/mol. The molecule has 0 fully saturated rings. The van der Waals surface area contributed by atoms with E-state index in [1.54, 1.807) is 0 Å². The Morgan fingerprint density at radius 3 is 1.78 bits per heavy atom. The van der Waals surface area contributed by atoms with Gasteiger partial charge in [-0.2, -0.15) is 0 Å². The predicted octanol–water partition coefficient (Wildman–Crippen LogP) is 13.6. The topological polar surface area (TPSA) is 3.24 Å². The van der Waals surface area contributed by atoms with Crippen LogP contribution in [0.2, 0.25) is 0 Å². The number of hydrogen-bond donors (Lipinski definition) is 0. The number of nitrogens with zero attached hydrogens (tertiary/aromatic N) is 1. The summed E-state index contributed by atoms with van der Waals surface area (Å²) >= 11 is 1.92. The van der Waals surface area contributed by atoms with Crippen LogP contribution in [0.15, 0.2) is 164 Å². The summed E-state index contributed by atoms with van der Waals surface area (Å²) in [4.78, 5) is 2.34. The van der Waals surface area contributed by atoms with Crippen molar-refractivity contribution >= 4 is 54.1 Å². The molecule has 1 heterocycles. The molecule has 2 heteroatoms. The van der Waals surface area contributed by atoms with Crippen molar-refractivity contribution in [3.63, 3.8) is 0 Å². The zero-order chi connectivity index (χ0) is 31.3. The third kappa shape index (κ3) is 5.69. The summed E-state index contributed by atoms with van der Waals surface area (Å²) in [5.74, 6) is 0. The molecule has 6 aromatic carbocycles. The van der Waals surface area contributed by atoms with Gasteiger partial charge in [0.15, 0.2) is 0 Å². The van der Waals surface area contributed by atoms with Crippen LogP contribution in [0.25, 0.3) is 48.0 Å². The van der Waals surface area contributed by atoms with E-state index in [1.165, 1.54) is 53.6 Å². The molecule has 1 aliphatic carbocycles. The summed E-state index contributed by atoms with van der Waals surface area (Å²) < 4.78 is 2.73. The molecule has 1 aromatic heterocycles. The number of anilines is 3. The lowest BCUT2D eigenvalue weighted by Crippen LogP contribution is -2.09. The second-order valence-corrected chi connectivity index (χ2v) is 12.3. The summed E-state index contributed by atoms with van der Waals surface area (Å²) in [6.45, 7) is 4.00. The van der Waals surface area contributed by atoms with Gasteiger partial charge in [-0.3, -0.25) is 0 Å². The molecule has 0 spiro atoms. The van der Waals surface area contributed by atoms with E-state index in [1.807, 2.05) is 25.2 Å². The molecule has 0 N–H and O–H groups in total. The molecule has 1 nitrogen and oxygen atoms in total. The van der Waals surface area contributed by atoms with Gasteiger partial charge in [-0.1, -0.05) is 135 Å². The SMILES string of the molecule is C1=CCCC(c2c(-c3ccc(N(c4ccccc4)c4ccc(-c5ccccc5)cc4)cc3)ccc3c2sc2ccccc23)=C1.CC. The molecule has 0 radical (unpaired) electrons. The van der Waals surface area contributed by atoms with Crippen LogP contribution in [-0.2, 0) is 0 Å². The Labute approximate surface area is 276 Å². The van der Waals surface area contributed by atoms with Crippen molar-refractivity contribution in [3.8, 4) is 22.3 Å². The maximum Gasteiger partial charge on any atom is 0.0462 e. The number of para-hydroxylation sites is 1. The van der Waals surface area contributed by atoms with E-state index < -0.39 is 0 Å². The molecular weight excluding hydrogens is 575 g/mol. The quantitative estimate of drug-likeness (QED) is 0.181. The van der Waals surface area contributed by atoms with E-state index in [2.05, 4.69) is 169 Å². The van der Waals surface area contributed by atoms with Gasteiger partial charge in [0.1, 0.15) is 0 Å². The smallest absolute Gasteiger partial charge is 0.0462 e. The highest BCUT2D eigenvalue weighted by Crippen LogP contribution is 2.45. The second-order valence-electron chi connectivity index (χ2n) is 11.3. The third-order valence-corrected chi connectivity index (χ3v) is 9.77. The van der Waals surface area contributed by atoms with Gasteiger partial charge >= 0.3 is 0 Å². The van der Waals surface area contributed by atoms with Crippen molar-refractivity contribution in [3.05, 3.63) is 169 Å². The molecule has 0 aliphatic heterocycles. The minimum absolute atomic E-state index is 1.07. The van der Waals surface area contributed by atoms with Crippen LogP contribution >= 0.6 is 11.3 Å². The van der Waals surface area contributed by atoms with Crippen LogP contribution in [0, 0.1) is 0 Å². The van der Waals surface area contributed by atoms with Gasteiger partial charge in [0.2, 0.25) is 0 Å². The van der Waals surface area contributed by atoms with Crippen LogP contribution < -0.4 is 4.90 Å². The molecule has 8 rings (SSSR count). The highest BCUT2D eigenvalue weighted by atomic mass is 32.1. The Morgan fingerprint density at radius 2 is 1.11 bits per heavy atom. The highest BCUT2D eigenvalue weighted by Gasteiger charge is 2.19. The molecule has 46 heavy (non-hydrogen) atoms. The van der Waals surface area contributed by atoms with Gasteiger partial charge in [-0.25, -0.2) is 0 Å². The normalized spacial score (nSPS) is 12.4. The molecule has 0 amide bonds. The fraction of sp³-hybridized carbons (Fsp3) is 0.0909. The van der Waals surface area contributed by atoms with E-state index in [4.69, 9.17) is 0 Å². The number of benzene rings is 6. The average molecular weight is 612 g/mol. The van der Waals surface area contributed by atoms with Gasteiger partial charge in [-0.05, 0) is 83.1 Å². The minimum Gasteiger partial charge on any atom is -0.311 e. The van der Waals surface area contributed by atoms with Gasteiger partial charge in [0.25, 0.3) is 0 Å². The standard InChI is InChI=1S/C42H31NS.C2H6/c1-4-12-30(13-5-1)31-20-24-35(25-21-31)43(34-16-8-3-9-17-34)36-26-22-32(23-27-36)37-28-29-39-38-18-10-11-19-40(38)44-42(39)41(37)33-14-6-2-7-15-33;1-2/h1-6,8-14,16-29H,7,15H2;1-2H3. The molecular formula is C44H37NS. The highest BCUT2D eigenvalue weighted by molar-refractivity contribution is 7.26. The van der Waals surface area contributed by atoms with Crippen LogP contribution in [-0.4, -0.2) is 0 Å². The van der Waals surface area contributed by atoms with Gasteiger partial charge in [-0.15, -0.1) is 11.3 Å². The summed E-state index contributed by atoms with van der Waals surface area (Å²) in [7, 11) is 0. The Kier molecular flexibility index (Phi) is 8.63. The molecule has 0 saturated heterocycles. The largest absolute Gasteiger partial charge is 0.311 e. The summed E-state index contributed by atoms with van der Waals surface area (Å²) in [5, 5.41) is 2.70. The van der Waals surface area contributed by atoms with Crippen molar-refractivity contribution in [2.75, 3.05) is 4.90 Å². The summed E-state index contributed by atoms with van der Waals surface area (Å²) in [5.41, 5.74) is 11.2. The van der Waals surface area contributed by atoms with Crippen LogP contribution in [0.3, 0.4) is 0 Å². The van der Waals surface area contributed by atoms with E-state index >= 15 is 0 Å². The number of rotatable bonds is 6. The van der Waals surface area contributed by atoms with Gasteiger partial charge in [0, 0.05) is 42.8 Å². The van der Waals surface area contributed by atoms with Gasteiger partial charge < -0.3 is 4.90 Å². The molecule has 7 aromatic rings. The van der Waals surface area contributed by atoms with Crippen LogP contribution in [0.4, 0.5) is 17.1 Å². The van der Waals surface area contributed by atoms with E-state index in [-0.39, 0.29) is 0 Å². The molecule has 0 unspecified atom stereocenters. The number of fused-ring (bicyclic) bond motifs is 3. The Hall–Kier alpha value is -5.18. The van der Waals surface area contributed by atoms with Crippen molar-refractivity contribution < 1.29 is 0 Å². The summed E-state index contributed by atoms with van der Waals surface area (Å²) in [6.07, 6.45) is 8.96. The Bertz CT molecular complexity index is 2130. The molecule has 224 valence electrons. The first-order chi connectivity index (χ1) is 22.8. The maximum absolute atomic E-state index is 2.34. The van der Waals surface area contributed by atoms with Crippen LogP contribution in [0.5, 0.6) is 0 Å². The van der Waals surface area contributed by atoms with E-state index in [0.29, 0.717) is 0 Å². The first kappa shape index (κ1) is 29.5. The predicted molar refractivity (Wildman–Crippen MR) is 203 cm³/mol. The van der Waals surface area contributed by atoms with E-state index in [0.717, 1.165) is 29.9 Å². The van der Waals surface area contributed by atoms with Crippen molar-refractivity contribution in [2.45, 2.75) is 26.7 Å². The maximum atomic E-state index is 2.34. The lowest BCUT2D eigenvalue weighted by Gasteiger charge is -2.26. The van der Waals surface area contributed by atoms with Crippen molar-refractivity contribution in [2.24, 2.45) is 0 Å². The lowest BCUT2D eigenvalue weighted by atomic mass is 9.89. The zero-order valence-electron chi connectivity index (χ0n) is 26.4. The molecule has 0 atom stereocenters. The van der Waals surface area contributed by atoms with Crippen LogP contribution in [0.1, 0.15) is 32.3 Å². The first-order valence-electron chi connectivity index (χ1n) is 16.2. The molecule has 0 saturated carbocycles. The van der Waals surface area contributed by atoms with Crippen molar-refractivity contribution in [1.82, 2.24) is 0 Å². The minimum atomic E-state index is 1.07. The molecule has 0 bridgehead atoms.